The van der Waals surface area contributed by atoms with Crippen LogP contribution in [0.3, 0.4) is 0 Å². The van der Waals surface area contributed by atoms with E-state index in [2.05, 4.69) is 0 Å². The zero-order valence-electron chi connectivity index (χ0n) is 10.6. The Bertz CT molecular complexity index is 581. The first kappa shape index (κ1) is 14.6. The van der Waals surface area contributed by atoms with Crippen molar-refractivity contribution < 1.29 is 13.5 Å². The van der Waals surface area contributed by atoms with Gasteiger partial charge in [0.15, 0.2) is 0 Å². The van der Waals surface area contributed by atoms with Crippen molar-refractivity contribution in [1.29, 1.82) is 0 Å². The molecule has 0 amide bonds. The van der Waals surface area contributed by atoms with Gasteiger partial charge in [-0.3, -0.25) is 0 Å². The van der Waals surface area contributed by atoms with Crippen molar-refractivity contribution in [3.8, 4) is 0 Å². The van der Waals surface area contributed by atoms with Crippen LogP contribution in [0.15, 0.2) is 17.0 Å². The van der Waals surface area contributed by atoms with Gasteiger partial charge in [0.1, 0.15) is 0 Å². The first-order valence-electron chi connectivity index (χ1n) is 6.06. The molecular formula is C12H17ClN2O3S. The fraction of sp³-hybridized carbons (Fsp3) is 0.500. The summed E-state index contributed by atoms with van der Waals surface area (Å²) >= 11 is 5.89. The van der Waals surface area contributed by atoms with E-state index < -0.39 is 16.1 Å². The van der Waals surface area contributed by atoms with Crippen molar-refractivity contribution in [1.82, 2.24) is 4.31 Å². The molecule has 1 saturated heterocycles. The predicted octanol–water partition coefficient (Wildman–Crippen LogP) is 1.38. The third-order valence-electron chi connectivity index (χ3n) is 3.41. The summed E-state index contributed by atoms with van der Waals surface area (Å²) in [6.45, 7) is 2.29. The number of hydrogen-bond acceptors (Lipinski definition) is 4. The van der Waals surface area contributed by atoms with Crippen molar-refractivity contribution in [2.24, 2.45) is 0 Å². The molecule has 1 aliphatic heterocycles. The minimum atomic E-state index is -3.60. The molecule has 1 aromatic rings. The van der Waals surface area contributed by atoms with Crippen LogP contribution < -0.4 is 5.73 Å². The topological polar surface area (TPSA) is 83.6 Å². The minimum absolute atomic E-state index is 0.147. The van der Waals surface area contributed by atoms with Gasteiger partial charge >= 0.3 is 0 Å². The third kappa shape index (κ3) is 2.86. The van der Waals surface area contributed by atoms with Crippen LogP contribution in [0.4, 0.5) is 5.69 Å². The van der Waals surface area contributed by atoms with Crippen LogP contribution in [0, 0.1) is 6.92 Å². The van der Waals surface area contributed by atoms with E-state index in [1.807, 2.05) is 0 Å². The highest BCUT2D eigenvalue weighted by atomic mass is 35.5. The molecule has 0 unspecified atom stereocenters. The van der Waals surface area contributed by atoms with Crippen LogP contribution in [0.25, 0.3) is 0 Å². The van der Waals surface area contributed by atoms with Crippen molar-refractivity contribution in [3.63, 3.8) is 0 Å². The van der Waals surface area contributed by atoms with Gasteiger partial charge in [0.25, 0.3) is 0 Å². The second-order valence-corrected chi connectivity index (χ2v) is 7.10. The van der Waals surface area contributed by atoms with E-state index in [0.29, 0.717) is 42.2 Å². The Hall–Kier alpha value is -0.820. The van der Waals surface area contributed by atoms with Crippen molar-refractivity contribution in [2.75, 3.05) is 18.8 Å². The monoisotopic (exact) mass is 304 g/mol. The average molecular weight is 305 g/mol. The molecule has 0 atom stereocenters. The van der Waals surface area contributed by atoms with Gasteiger partial charge in [-0.05, 0) is 37.5 Å². The maximum absolute atomic E-state index is 12.5. The van der Waals surface area contributed by atoms with Crippen LogP contribution in [0.2, 0.25) is 5.02 Å². The van der Waals surface area contributed by atoms with Gasteiger partial charge in [-0.15, -0.1) is 0 Å². The molecule has 0 bridgehead atoms. The highest BCUT2D eigenvalue weighted by Gasteiger charge is 2.30. The number of hydrogen-bond donors (Lipinski definition) is 2. The zero-order chi connectivity index (χ0) is 14.2. The van der Waals surface area contributed by atoms with Gasteiger partial charge in [0, 0.05) is 23.8 Å². The zero-order valence-corrected chi connectivity index (χ0v) is 12.2. The second kappa shape index (κ2) is 5.28. The molecule has 19 heavy (non-hydrogen) atoms. The fourth-order valence-electron chi connectivity index (χ4n) is 2.16. The Morgan fingerprint density at radius 2 is 1.95 bits per heavy atom. The first-order chi connectivity index (χ1) is 8.82. The maximum Gasteiger partial charge on any atom is 0.243 e. The molecule has 2 rings (SSSR count). The van der Waals surface area contributed by atoms with Crippen molar-refractivity contribution in [3.05, 3.63) is 22.7 Å². The summed E-state index contributed by atoms with van der Waals surface area (Å²) in [7, 11) is -3.60. The smallest absolute Gasteiger partial charge is 0.243 e. The Morgan fingerprint density at radius 3 is 2.53 bits per heavy atom. The van der Waals surface area contributed by atoms with Crippen LogP contribution in [-0.4, -0.2) is 37.0 Å². The van der Waals surface area contributed by atoms with Gasteiger partial charge in [0.05, 0.1) is 11.0 Å². The van der Waals surface area contributed by atoms with Crippen LogP contribution in [0.1, 0.15) is 18.4 Å². The number of rotatable bonds is 2. The molecule has 1 fully saturated rings. The summed E-state index contributed by atoms with van der Waals surface area (Å²) in [4.78, 5) is 0.147. The highest BCUT2D eigenvalue weighted by molar-refractivity contribution is 7.89. The van der Waals surface area contributed by atoms with Crippen molar-refractivity contribution >= 4 is 27.3 Å². The van der Waals surface area contributed by atoms with E-state index in [1.54, 1.807) is 6.92 Å². The van der Waals surface area contributed by atoms with E-state index in [1.165, 1.54) is 16.4 Å². The molecule has 3 N–H and O–H groups in total. The van der Waals surface area contributed by atoms with Gasteiger partial charge in [-0.2, -0.15) is 4.31 Å². The van der Waals surface area contributed by atoms with E-state index in [0.717, 1.165) is 0 Å². The number of benzene rings is 1. The highest BCUT2D eigenvalue weighted by Crippen LogP contribution is 2.29. The van der Waals surface area contributed by atoms with Crippen LogP contribution in [0.5, 0.6) is 0 Å². The molecule has 106 valence electrons. The first-order valence-corrected chi connectivity index (χ1v) is 7.88. The maximum atomic E-state index is 12.5. The second-order valence-electron chi connectivity index (χ2n) is 4.75. The predicted molar refractivity (Wildman–Crippen MR) is 74.6 cm³/mol. The molecule has 0 aromatic heterocycles. The molecule has 7 heteroatoms. The van der Waals surface area contributed by atoms with E-state index in [4.69, 9.17) is 17.3 Å². The lowest BCUT2D eigenvalue weighted by molar-refractivity contribution is 0.113. The number of sulfonamides is 1. The molecule has 0 aliphatic carbocycles. The van der Waals surface area contributed by atoms with Crippen LogP contribution >= 0.6 is 11.6 Å². The number of halogens is 1. The number of aliphatic hydroxyl groups excluding tert-OH is 1. The molecule has 1 aliphatic rings. The van der Waals surface area contributed by atoms with E-state index >= 15 is 0 Å². The molecular weight excluding hydrogens is 288 g/mol. The standard InChI is InChI=1S/C12H17ClN2O3S/c1-8-11(14)6-9(13)7-12(8)19(17,18)15-4-2-10(16)3-5-15/h6-7,10,16H,2-5,14H2,1H3. The summed E-state index contributed by atoms with van der Waals surface area (Å²) in [5, 5.41) is 9.75. The van der Waals surface area contributed by atoms with Crippen LogP contribution in [-0.2, 0) is 10.0 Å². The van der Waals surface area contributed by atoms with E-state index in [9.17, 15) is 13.5 Å². The molecule has 5 nitrogen and oxygen atoms in total. The fourth-order valence-corrected chi connectivity index (χ4v) is 4.21. The molecule has 0 spiro atoms. The summed E-state index contributed by atoms with van der Waals surface area (Å²) < 4.78 is 26.5. The quantitative estimate of drug-likeness (QED) is 0.809. The number of nitrogen functional groups attached to an aromatic ring is 1. The number of anilines is 1. The average Bonchev–Trinajstić information content (AvgIpc) is 2.34. The summed E-state index contributed by atoms with van der Waals surface area (Å²) in [6, 6.07) is 2.96. The van der Waals surface area contributed by atoms with Crippen molar-refractivity contribution in [2.45, 2.75) is 30.8 Å². The number of piperidine rings is 1. The Labute approximate surface area is 118 Å². The lowest BCUT2D eigenvalue weighted by Crippen LogP contribution is -2.40. The van der Waals surface area contributed by atoms with Gasteiger partial charge < -0.3 is 10.8 Å². The van der Waals surface area contributed by atoms with Gasteiger partial charge in [-0.1, -0.05) is 11.6 Å². The lowest BCUT2D eigenvalue weighted by atomic mass is 10.1. The summed E-state index contributed by atoms with van der Waals surface area (Å²) in [5.74, 6) is 0. The largest absolute Gasteiger partial charge is 0.398 e. The lowest BCUT2D eigenvalue weighted by Gasteiger charge is -2.29. The number of nitrogens with zero attached hydrogens (tertiary/aromatic N) is 1. The molecule has 1 heterocycles. The summed E-state index contributed by atoms with van der Waals surface area (Å²) in [5.41, 5.74) is 6.64. The molecule has 0 radical (unpaired) electrons. The Balaban J connectivity index is 2.40. The Kier molecular flexibility index (Phi) is 4.06. The van der Waals surface area contributed by atoms with Gasteiger partial charge in [-0.25, -0.2) is 8.42 Å². The molecule has 0 saturated carbocycles. The summed E-state index contributed by atoms with van der Waals surface area (Å²) in [6.07, 6.45) is 0.486. The molecule has 1 aromatic carbocycles. The number of nitrogens with two attached hydrogens (primary N) is 1. The van der Waals surface area contributed by atoms with E-state index in [-0.39, 0.29) is 4.90 Å². The minimum Gasteiger partial charge on any atom is -0.398 e. The third-order valence-corrected chi connectivity index (χ3v) is 5.65. The number of aliphatic hydroxyl groups is 1. The normalized spacial score (nSPS) is 18.7. The Morgan fingerprint density at radius 1 is 1.37 bits per heavy atom. The SMILES string of the molecule is Cc1c(N)cc(Cl)cc1S(=O)(=O)N1CCC(O)CC1. The van der Waals surface area contributed by atoms with Gasteiger partial charge in [0.2, 0.25) is 10.0 Å².